The molecule has 1 aliphatic heterocycles. The van der Waals surface area contributed by atoms with Crippen LogP contribution in [-0.2, 0) is 20.8 Å². The molecule has 1 aliphatic rings. The Balaban J connectivity index is 1.59. The summed E-state index contributed by atoms with van der Waals surface area (Å²) < 4.78 is 5.09. The largest absolute Gasteiger partial charge is 0.497 e. The number of carbonyl (C=O) groups is 3. The minimum atomic E-state index is -0.457. The van der Waals surface area contributed by atoms with Crippen LogP contribution < -0.4 is 15.0 Å². The second kappa shape index (κ2) is 9.43. The van der Waals surface area contributed by atoms with Crippen LogP contribution in [0.3, 0.4) is 0 Å². The van der Waals surface area contributed by atoms with Gasteiger partial charge in [0.05, 0.1) is 19.6 Å². The van der Waals surface area contributed by atoms with E-state index in [4.69, 9.17) is 4.74 Å². The van der Waals surface area contributed by atoms with Crippen molar-refractivity contribution in [2.75, 3.05) is 37.5 Å². The van der Waals surface area contributed by atoms with Gasteiger partial charge in [0.1, 0.15) is 5.75 Å². The van der Waals surface area contributed by atoms with E-state index in [-0.39, 0.29) is 30.7 Å². The molecular weight excluding hydrogens is 382 g/mol. The summed E-state index contributed by atoms with van der Waals surface area (Å²) in [4.78, 5) is 40.8. The number of nitrogens with zero attached hydrogens (tertiary/aromatic N) is 2. The first-order valence-corrected chi connectivity index (χ1v) is 10.00. The third-order valence-electron chi connectivity index (χ3n) is 5.27. The lowest BCUT2D eigenvalue weighted by atomic mass is 10.1. The lowest BCUT2D eigenvalue weighted by Crippen LogP contribution is -2.39. The van der Waals surface area contributed by atoms with Crippen LogP contribution >= 0.6 is 0 Å². The number of nitrogens with one attached hydrogen (secondary N) is 1. The minimum absolute atomic E-state index is 0.0645. The van der Waals surface area contributed by atoms with Crippen molar-refractivity contribution in [2.45, 2.75) is 19.8 Å². The average molecular weight is 409 g/mol. The van der Waals surface area contributed by atoms with Crippen LogP contribution in [0.15, 0.2) is 48.5 Å². The monoisotopic (exact) mass is 409 g/mol. The molecule has 0 unspecified atom stereocenters. The van der Waals surface area contributed by atoms with E-state index in [0.29, 0.717) is 18.0 Å². The summed E-state index contributed by atoms with van der Waals surface area (Å²) in [6.45, 7) is 2.29. The van der Waals surface area contributed by atoms with Gasteiger partial charge < -0.3 is 19.9 Å². The standard InChI is InChI=1S/C23H27N3O4/c1-4-16-7-5-6-8-20(16)26-14-17(13-22(26)28)23(29)25(2)15-21(27)24-18-9-11-19(30-3)12-10-18/h5-12,17H,4,13-15H2,1-3H3,(H,24,27)/t17-/m1/s1. The smallest absolute Gasteiger partial charge is 0.243 e. The number of amides is 3. The van der Waals surface area contributed by atoms with E-state index < -0.39 is 5.92 Å². The third kappa shape index (κ3) is 4.79. The van der Waals surface area contributed by atoms with Gasteiger partial charge in [-0.15, -0.1) is 0 Å². The van der Waals surface area contributed by atoms with Gasteiger partial charge in [-0.1, -0.05) is 25.1 Å². The highest BCUT2D eigenvalue weighted by atomic mass is 16.5. The van der Waals surface area contributed by atoms with Crippen molar-refractivity contribution in [2.24, 2.45) is 5.92 Å². The quantitative estimate of drug-likeness (QED) is 0.763. The topological polar surface area (TPSA) is 79.0 Å². The summed E-state index contributed by atoms with van der Waals surface area (Å²) in [6.07, 6.45) is 0.964. The molecule has 3 amide bonds. The number of likely N-dealkylation sites (N-methyl/N-ethyl adjacent to an activating group) is 1. The summed E-state index contributed by atoms with van der Waals surface area (Å²) in [7, 11) is 3.16. The first kappa shape index (κ1) is 21.4. The van der Waals surface area contributed by atoms with E-state index in [9.17, 15) is 14.4 Å². The number of rotatable bonds is 7. The maximum Gasteiger partial charge on any atom is 0.243 e. The number of anilines is 2. The van der Waals surface area contributed by atoms with Crippen LogP contribution in [0.25, 0.3) is 0 Å². The molecule has 3 rings (SSSR count). The van der Waals surface area contributed by atoms with Gasteiger partial charge in [0.15, 0.2) is 0 Å². The highest BCUT2D eigenvalue weighted by Gasteiger charge is 2.37. The van der Waals surface area contributed by atoms with Gasteiger partial charge in [0.25, 0.3) is 0 Å². The highest BCUT2D eigenvalue weighted by molar-refractivity contribution is 6.01. The van der Waals surface area contributed by atoms with E-state index in [0.717, 1.165) is 17.7 Å². The number of aryl methyl sites for hydroxylation is 1. The molecule has 158 valence electrons. The van der Waals surface area contributed by atoms with E-state index in [1.54, 1.807) is 43.3 Å². The fraction of sp³-hybridized carbons (Fsp3) is 0.348. The zero-order chi connectivity index (χ0) is 21.7. The number of hydrogen-bond acceptors (Lipinski definition) is 4. The van der Waals surface area contributed by atoms with Gasteiger partial charge in [0, 0.05) is 31.4 Å². The van der Waals surface area contributed by atoms with Gasteiger partial charge in [-0.3, -0.25) is 14.4 Å². The van der Waals surface area contributed by atoms with Crippen LogP contribution in [0.1, 0.15) is 18.9 Å². The van der Waals surface area contributed by atoms with E-state index in [1.165, 1.54) is 4.90 Å². The van der Waals surface area contributed by atoms with Gasteiger partial charge in [-0.2, -0.15) is 0 Å². The molecule has 2 aromatic carbocycles. The normalized spacial score (nSPS) is 15.8. The lowest BCUT2D eigenvalue weighted by Gasteiger charge is -2.22. The molecule has 1 heterocycles. The maximum atomic E-state index is 12.8. The average Bonchev–Trinajstić information content (AvgIpc) is 3.14. The molecule has 0 spiro atoms. The van der Waals surface area contributed by atoms with E-state index >= 15 is 0 Å². The zero-order valence-corrected chi connectivity index (χ0v) is 17.6. The first-order valence-electron chi connectivity index (χ1n) is 10.00. The summed E-state index contributed by atoms with van der Waals surface area (Å²) in [5.41, 5.74) is 2.56. The molecule has 0 radical (unpaired) electrons. The predicted molar refractivity (Wildman–Crippen MR) is 116 cm³/mol. The molecule has 0 aliphatic carbocycles. The maximum absolute atomic E-state index is 12.8. The summed E-state index contributed by atoms with van der Waals surface area (Å²) in [5, 5.41) is 2.76. The van der Waals surface area contributed by atoms with Crippen molar-refractivity contribution in [1.29, 1.82) is 0 Å². The molecule has 1 atom stereocenters. The van der Waals surface area contributed by atoms with Crippen molar-refractivity contribution in [3.8, 4) is 5.75 Å². The van der Waals surface area contributed by atoms with Gasteiger partial charge in [-0.25, -0.2) is 0 Å². The summed E-state index contributed by atoms with van der Waals surface area (Å²) in [5.74, 6) is -0.329. The summed E-state index contributed by atoms with van der Waals surface area (Å²) in [6, 6.07) is 14.7. The fourth-order valence-electron chi connectivity index (χ4n) is 3.66. The third-order valence-corrected chi connectivity index (χ3v) is 5.27. The second-order valence-electron chi connectivity index (χ2n) is 7.36. The van der Waals surface area contributed by atoms with Crippen molar-refractivity contribution < 1.29 is 19.1 Å². The molecular formula is C23H27N3O4. The van der Waals surface area contributed by atoms with Crippen molar-refractivity contribution in [1.82, 2.24) is 4.90 Å². The van der Waals surface area contributed by atoms with Crippen molar-refractivity contribution >= 4 is 29.1 Å². The Morgan fingerprint density at radius 2 is 1.87 bits per heavy atom. The molecule has 0 bridgehead atoms. The number of para-hydroxylation sites is 1. The SMILES string of the molecule is CCc1ccccc1N1C[C@H](C(=O)N(C)CC(=O)Nc2ccc(OC)cc2)CC1=O. The van der Waals surface area contributed by atoms with Crippen LogP contribution in [0.2, 0.25) is 0 Å². The Bertz CT molecular complexity index is 926. The number of carbonyl (C=O) groups excluding carboxylic acids is 3. The van der Waals surface area contributed by atoms with Crippen LogP contribution in [0.4, 0.5) is 11.4 Å². The van der Waals surface area contributed by atoms with Crippen LogP contribution in [0.5, 0.6) is 5.75 Å². The molecule has 1 saturated heterocycles. The number of methoxy groups -OCH3 is 1. The Kier molecular flexibility index (Phi) is 6.72. The number of ether oxygens (including phenoxy) is 1. The van der Waals surface area contributed by atoms with Gasteiger partial charge >= 0.3 is 0 Å². The molecule has 1 fully saturated rings. The molecule has 0 aromatic heterocycles. The molecule has 30 heavy (non-hydrogen) atoms. The van der Waals surface area contributed by atoms with E-state index in [2.05, 4.69) is 5.32 Å². The fourth-order valence-corrected chi connectivity index (χ4v) is 3.66. The lowest BCUT2D eigenvalue weighted by molar-refractivity contribution is -0.137. The van der Waals surface area contributed by atoms with Gasteiger partial charge in [0.2, 0.25) is 17.7 Å². The number of benzene rings is 2. The first-order chi connectivity index (χ1) is 14.4. The molecule has 0 saturated carbocycles. The van der Waals surface area contributed by atoms with Crippen molar-refractivity contribution in [3.63, 3.8) is 0 Å². The Morgan fingerprint density at radius 3 is 2.53 bits per heavy atom. The Morgan fingerprint density at radius 1 is 1.17 bits per heavy atom. The van der Waals surface area contributed by atoms with Crippen LogP contribution in [0, 0.1) is 5.92 Å². The Labute approximate surface area is 176 Å². The Hall–Kier alpha value is -3.35. The second-order valence-corrected chi connectivity index (χ2v) is 7.36. The summed E-state index contributed by atoms with van der Waals surface area (Å²) >= 11 is 0. The van der Waals surface area contributed by atoms with Crippen molar-refractivity contribution in [3.05, 3.63) is 54.1 Å². The molecule has 2 aromatic rings. The zero-order valence-electron chi connectivity index (χ0n) is 17.6. The predicted octanol–water partition coefficient (Wildman–Crippen LogP) is 2.71. The van der Waals surface area contributed by atoms with Gasteiger partial charge in [-0.05, 0) is 42.3 Å². The molecule has 7 heteroatoms. The molecule has 1 N–H and O–H groups in total. The van der Waals surface area contributed by atoms with E-state index in [1.807, 2.05) is 31.2 Å². The highest BCUT2D eigenvalue weighted by Crippen LogP contribution is 2.29. The number of hydrogen-bond donors (Lipinski definition) is 1. The molecule has 7 nitrogen and oxygen atoms in total. The minimum Gasteiger partial charge on any atom is -0.497 e. The van der Waals surface area contributed by atoms with Crippen LogP contribution in [-0.4, -0.2) is 49.9 Å².